The minimum atomic E-state index is 0.0548. The van der Waals surface area contributed by atoms with E-state index in [1.54, 1.807) is 12.4 Å². The number of carbonyl (C=O) groups is 1. The van der Waals surface area contributed by atoms with Crippen molar-refractivity contribution in [2.24, 2.45) is 0 Å². The molecule has 1 N–H and O–H groups in total. The summed E-state index contributed by atoms with van der Waals surface area (Å²) in [6.07, 6.45) is 7.89. The quantitative estimate of drug-likeness (QED) is 0.736. The highest BCUT2D eigenvalue weighted by molar-refractivity contribution is 5.95. The van der Waals surface area contributed by atoms with E-state index in [0.717, 1.165) is 50.4 Å². The van der Waals surface area contributed by atoms with Gasteiger partial charge in [0.2, 0.25) is 0 Å². The predicted molar refractivity (Wildman–Crippen MR) is 112 cm³/mol. The van der Waals surface area contributed by atoms with Gasteiger partial charge in [-0.1, -0.05) is 13.8 Å². The molecule has 27 heavy (non-hydrogen) atoms. The zero-order valence-corrected chi connectivity index (χ0v) is 16.4. The second-order valence-corrected chi connectivity index (χ2v) is 7.12. The Morgan fingerprint density at radius 3 is 2.33 bits per heavy atom. The van der Waals surface area contributed by atoms with Crippen LogP contribution in [0.15, 0.2) is 42.7 Å². The van der Waals surface area contributed by atoms with Crippen molar-refractivity contribution in [1.29, 1.82) is 0 Å². The highest BCUT2D eigenvalue weighted by atomic mass is 16.2. The smallest absolute Gasteiger partial charge is 0.255 e. The SMILES string of the molecule is CCCN(CCC)C(=O)c1cncc(Nc2ccc(N3CCCC3)cc2)c1. The summed E-state index contributed by atoms with van der Waals surface area (Å²) < 4.78 is 0. The topological polar surface area (TPSA) is 48.5 Å². The molecular weight excluding hydrogens is 336 g/mol. The number of nitrogens with one attached hydrogen (secondary N) is 1. The first-order valence-electron chi connectivity index (χ1n) is 10.1. The Kier molecular flexibility index (Phi) is 6.69. The molecule has 0 unspecified atom stereocenters. The zero-order chi connectivity index (χ0) is 19.1. The third-order valence-electron chi connectivity index (χ3n) is 4.89. The molecule has 144 valence electrons. The lowest BCUT2D eigenvalue weighted by atomic mass is 10.2. The van der Waals surface area contributed by atoms with E-state index < -0.39 is 0 Å². The number of benzene rings is 1. The monoisotopic (exact) mass is 366 g/mol. The van der Waals surface area contributed by atoms with Crippen molar-refractivity contribution in [1.82, 2.24) is 9.88 Å². The maximum absolute atomic E-state index is 12.8. The first-order chi connectivity index (χ1) is 13.2. The molecule has 3 rings (SSSR count). The van der Waals surface area contributed by atoms with Gasteiger partial charge in [-0.25, -0.2) is 0 Å². The highest BCUT2D eigenvalue weighted by Crippen LogP contribution is 2.24. The van der Waals surface area contributed by atoms with Gasteiger partial charge in [0, 0.05) is 43.8 Å². The zero-order valence-electron chi connectivity index (χ0n) is 16.4. The molecular formula is C22H30N4O. The minimum Gasteiger partial charge on any atom is -0.372 e. The van der Waals surface area contributed by atoms with E-state index >= 15 is 0 Å². The molecule has 2 heterocycles. The molecule has 2 aromatic rings. The van der Waals surface area contributed by atoms with Crippen molar-refractivity contribution in [2.75, 3.05) is 36.4 Å². The summed E-state index contributed by atoms with van der Waals surface area (Å²) in [7, 11) is 0. The van der Waals surface area contributed by atoms with Gasteiger partial charge in [-0.15, -0.1) is 0 Å². The van der Waals surface area contributed by atoms with Crippen LogP contribution in [0.3, 0.4) is 0 Å². The summed E-state index contributed by atoms with van der Waals surface area (Å²) >= 11 is 0. The van der Waals surface area contributed by atoms with E-state index in [0.29, 0.717) is 5.56 Å². The van der Waals surface area contributed by atoms with Crippen molar-refractivity contribution in [2.45, 2.75) is 39.5 Å². The van der Waals surface area contributed by atoms with Gasteiger partial charge in [0.15, 0.2) is 0 Å². The Balaban J connectivity index is 1.68. The molecule has 0 radical (unpaired) electrons. The molecule has 1 aliphatic rings. The van der Waals surface area contributed by atoms with Crippen LogP contribution in [0.4, 0.5) is 17.1 Å². The van der Waals surface area contributed by atoms with E-state index in [1.165, 1.54) is 18.5 Å². The third kappa shape index (κ3) is 5.00. The van der Waals surface area contributed by atoms with Crippen molar-refractivity contribution < 1.29 is 4.79 Å². The van der Waals surface area contributed by atoms with Gasteiger partial charge < -0.3 is 15.1 Å². The molecule has 1 aliphatic heterocycles. The van der Waals surface area contributed by atoms with Gasteiger partial charge in [-0.05, 0) is 56.0 Å². The van der Waals surface area contributed by atoms with Crippen LogP contribution in [-0.4, -0.2) is 42.0 Å². The number of nitrogens with zero attached hydrogens (tertiary/aromatic N) is 3. The number of carbonyl (C=O) groups excluding carboxylic acids is 1. The number of rotatable bonds is 8. The van der Waals surface area contributed by atoms with Gasteiger partial charge in [-0.3, -0.25) is 9.78 Å². The van der Waals surface area contributed by atoms with Crippen molar-refractivity contribution >= 4 is 23.0 Å². The lowest BCUT2D eigenvalue weighted by molar-refractivity contribution is 0.0755. The number of hydrogen-bond acceptors (Lipinski definition) is 4. The van der Waals surface area contributed by atoms with E-state index in [9.17, 15) is 4.79 Å². The van der Waals surface area contributed by atoms with Crippen LogP contribution >= 0.6 is 0 Å². The van der Waals surface area contributed by atoms with Crippen LogP contribution in [0.1, 0.15) is 49.9 Å². The fraction of sp³-hybridized carbons (Fsp3) is 0.455. The lowest BCUT2D eigenvalue weighted by Gasteiger charge is -2.21. The van der Waals surface area contributed by atoms with Gasteiger partial charge in [-0.2, -0.15) is 0 Å². The summed E-state index contributed by atoms with van der Waals surface area (Å²) in [6, 6.07) is 10.4. The molecule has 0 bridgehead atoms. The Labute approximate surface area is 162 Å². The largest absolute Gasteiger partial charge is 0.372 e. The van der Waals surface area contributed by atoms with Gasteiger partial charge in [0.1, 0.15) is 0 Å². The molecule has 1 saturated heterocycles. The maximum atomic E-state index is 12.8. The number of pyridine rings is 1. The van der Waals surface area contributed by atoms with Gasteiger partial charge in [0.05, 0.1) is 17.4 Å². The average molecular weight is 367 g/mol. The molecule has 1 aromatic carbocycles. The Hall–Kier alpha value is -2.56. The summed E-state index contributed by atoms with van der Waals surface area (Å²) in [4.78, 5) is 21.4. The summed E-state index contributed by atoms with van der Waals surface area (Å²) in [6.45, 7) is 8.04. The van der Waals surface area contributed by atoms with Gasteiger partial charge in [0.25, 0.3) is 5.91 Å². The Morgan fingerprint density at radius 1 is 1.04 bits per heavy atom. The fourth-order valence-electron chi connectivity index (χ4n) is 3.56. The average Bonchev–Trinajstić information content (AvgIpc) is 3.23. The minimum absolute atomic E-state index is 0.0548. The second kappa shape index (κ2) is 9.40. The van der Waals surface area contributed by atoms with E-state index in [4.69, 9.17) is 0 Å². The normalized spacial score (nSPS) is 13.6. The summed E-state index contributed by atoms with van der Waals surface area (Å²) in [5.41, 5.74) is 3.75. The van der Waals surface area contributed by atoms with Crippen molar-refractivity contribution in [3.63, 3.8) is 0 Å². The number of amides is 1. The molecule has 5 heteroatoms. The summed E-state index contributed by atoms with van der Waals surface area (Å²) in [5.74, 6) is 0.0548. The molecule has 1 fully saturated rings. The van der Waals surface area contributed by atoms with Crippen LogP contribution in [0.2, 0.25) is 0 Å². The molecule has 0 spiro atoms. The van der Waals surface area contributed by atoms with Crippen LogP contribution in [-0.2, 0) is 0 Å². The van der Waals surface area contributed by atoms with Crippen molar-refractivity contribution in [3.05, 3.63) is 48.3 Å². The number of anilines is 3. The fourth-order valence-corrected chi connectivity index (χ4v) is 3.56. The molecule has 5 nitrogen and oxygen atoms in total. The van der Waals surface area contributed by atoms with Crippen LogP contribution in [0.25, 0.3) is 0 Å². The molecule has 1 amide bonds. The van der Waals surface area contributed by atoms with Crippen molar-refractivity contribution in [3.8, 4) is 0 Å². The number of hydrogen-bond donors (Lipinski definition) is 1. The Morgan fingerprint density at radius 2 is 1.70 bits per heavy atom. The lowest BCUT2D eigenvalue weighted by Crippen LogP contribution is -2.32. The first-order valence-corrected chi connectivity index (χ1v) is 10.1. The third-order valence-corrected chi connectivity index (χ3v) is 4.89. The molecule has 0 aliphatic carbocycles. The number of aromatic nitrogens is 1. The van der Waals surface area contributed by atoms with E-state index in [1.807, 2.05) is 11.0 Å². The molecule has 1 aromatic heterocycles. The molecule has 0 saturated carbocycles. The maximum Gasteiger partial charge on any atom is 0.255 e. The van der Waals surface area contributed by atoms with E-state index in [-0.39, 0.29) is 5.91 Å². The van der Waals surface area contributed by atoms with Gasteiger partial charge >= 0.3 is 0 Å². The second-order valence-electron chi connectivity index (χ2n) is 7.12. The van der Waals surface area contributed by atoms with Crippen LogP contribution < -0.4 is 10.2 Å². The van der Waals surface area contributed by atoms with Crippen LogP contribution in [0.5, 0.6) is 0 Å². The summed E-state index contributed by atoms with van der Waals surface area (Å²) in [5, 5.41) is 3.37. The first kappa shape index (κ1) is 19.2. The predicted octanol–water partition coefficient (Wildman–Crippen LogP) is 4.69. The Bertz CT molecular complexity index is 732. The highest BCUT2D eigenvalue weighted by Gasteiger charge is 2.15. The standard InChI is InChI=1S/C22H30N4O/c1-3-11-26(12-4-2)22(27)18-15-20(17-23-16-18)24-19-7-9-21(10-8-19)25-13-5-6-14-25/h7-10,15-17,24H,3-6,11-14H2,1-2H3. The van der Waals surface area contributed by atoms with Crippen LogP contribution in [0, 0.1) is 0 Å². The molecule has 0 atom stereocenters. The van der Waals surface area contributed by atoms with E-state index in [2.05, 4.69) is 53.3 Å².